The van der Waals surface area contributed by atoms with Crippen molar-refractivity contribution in [2.75, 3.05) is 56.5 Å². The topological polar surface area (TPSA) is 96.2 Å². The fourth-order valence-electron chi connectivity index (χ4n) is 3.69. The van der Waals surface area contributed by atoms with Crippen molar-refractivity contribution >= 4 is 28.4 Å². The van der Waals surface area contributed by atoms with Gasteiger partial charge in [-0.3, -0.25) is 5.10 Å². The van der Waals surface area contributed by atoms with E-state index in [1.165, 1.54) is 6.07 Å². The molecule has 2 aromatic heterocycles. The number of carbonyl (C=O) groups excluding carboxylic acids is 1. The fourth-order valence-corrected chi connectivity index (χ4v) is 3.69. The van der Waals surface area contributed by atoms with Crippen LogP contribution in [0.1, 0.15) is 13.8 Å². The Morgan fingerprint density at radius 1 is 1.23 bits per heavy atom. The summed E-state index contributed by atoms with van der Waals surface area (Å²) in [7, 11) is 2.07. The molecule has 0 bridgehead atoms. The third-order valence-electron chi connectivity index (χ3n) is 5.55. The quantitative estimate of drug-likeness (QED) is 0.597. The summed E-state index contributed by atoms with van der Waals surface area (Å²) < 4.78 is 14.8. The minimum atomic E-state index is -0.290. The highest BCUT2D eigenvalue weighted by molar-refractivity contribution is 5.93. The lowest BCUT2D eigenvalue weighted by Gasteiger charge is -2.34. The molecule has 160 valence electrons. The number of aromatic amines is 2. The monoisotopic (exact) mass is 414 g/mol. The number of likely N-dealkylation sites (N-methyl/N-ethyl adjacent to an activating group) is 1. The molecule has 0 spiro atoms. The van der Waals surface area contributed by atoms with Crippen molar-refractivity contribution < 1.29 is 9.18 Å². The molecule has 4 rings (SSSR count). The Hall–Kier alpha value is -3.14. The maximum Gasteiger partial charge on any atom is 0.321 e. The van der Waals surface area contributed by atoms with Crippen LogP contribution in [0, 0.1) is 5.82 Å². The first-order valence-electron chi connectivity index (χ1n) is 10.2. The van der Waals surface area contributed by atoms with Gasteiger partial charge in [0.2, 0.25) is 0 Å². The van der Waals surface area contributed by atoms with Crippen molar-refractivity contribution in [2.24, 2.45) is 0 Å². The fraction of sp³-hybridized carbons (Fsp3) is 0.450. The maximum atomic E-state index is 14.8. The van der Waals surface area contributed by atoms with Crippen molar-refractivity contribution in [1.29, 1.82) is 0 Å². The number of nitrogens with one attached hydrogen (secondary N) is 3. The molecule has 1 fully saturated rings. The number of imidazole rings is 1. The zero-order valence-corrected chi connectivity index (χ0v) is 17.5. The van der Waals surface area contributed by atoms with E-state index in [1.807, 2.05) is 13.8 Å². The molecule has 3 N–H and O–H groups in total. The molecule has 1 aromatic carbocycles. The minimum Gasteiger partial charge on any atom is -0.367 e. The molecule has 10 heteroatoms. The van der Waals surface area contributed by atoms with Crippen LogP contribution in [-0.2, 0) is 0 Å². The number of aromatic nitrogens is 4. The number of piperazine rings is 1. The van der Waals surface area contributed by atoms with E-state index in [4.69, 9.17) is 0 Å². The van der Waals surface area contributed by atoms with E-state index in [1.54, 1.807) is 17.2 Å². The van der Waals surface area contributed by atoms with Gasteiger partial charge in [-0.1, -0.05) is 0 Å². The number of H-pyrrole nitrogens is 2. The summed E-state index contributed by atoms with van der Waals surface area (Å²) in [4.78, 5) is 26.1. The Morgan fingerprint density at radius 3 is 2.67 bits per heavy atom. The second kappa shape index (κ2) is 8.31. The summed E-state index contributed by atoms with van der Waals surface area (Å²) in [6.07, 6.45) is 1.61. The predicted octanol–water partition coefficient (Wildman–Crippen LogP) is 2.72. The van der Waals surface area contributed by atoms with Crippen LogP contribution in [-0.4, -0.2) is 82.3 Å². The van der Waals surface area contributed by atoms with Gasteiger partial charge in [0.05, 0.1) is 22.4 Å². The van der Waals surface area contributed by atoms with Crippen LogP contribution in [0.25, 0.3) is 22.6 Å². The van der Waals surface area contributed by atoms with E-state index in [9.17, 15) is 9.18 Å². The maximum absolute atomic E-state index is 14.8. The van der Waals surface area contributed by atoms with Gasteiger partial charge in [-0.15, -0.1) is 0 Å². The van der Waals surface area contributed by atoms with Gasteiger partial charge in [0, 0.05) is 51.5 Å². The summed E-state index contributed by atoms with van der Waals surface area (Å²) in [5.41, 5.74) is 2.82. The van der Waals surface area contributed by atoms with Crippen LogP contribution in [0.3, 0.4) is 0 Å². The van der Waals surface area contributed by atoms with Crippen LogP contribution in [0.15, 0.2) is 18.3 Å². The van der Waals surface area contributed by atoms with E-state index in [0.29, 0.717) is 41.5 Å². The molecule has 0 saturated carbocycles. The molecule has 0 atom stereocenters. The number of benzene rings is 1. The Morgan fingerprint density at radius 2 is 1.97 bits per heavy atom. The first kappa shape index (κ1) is 20.1. The second-order valence-corrected chi connectivity index (χ2v) is 7.45. The Labute approximate surface area is 174 Å². The van der Waals surface area contributed by atoms with Crippen molar-refractivity contribution in [2.45, 2.75) is 13.8 Å². The number of anilines is 2. The summed E-state index contributed by atoms with van der Waals surface area (Å²) in [5.74, 6) is 0.179. The highest BCUT2D eigenvalue weighted by Crippen LogP contribution is 2.30. The normalized spacial score (nSPS) is 15.0. The number of fused-ring (bicyclic) bond motifs is 1. The first-order chi connectivity index (χ1) is 14.5. The summed E-state index contributed by atoms with van der Waals surface area (Å²) >= 11 is 0. The van der Waals surface area contributed by atoms with Crippen molar-refractivity contribution in [3.63, 3.8) is 0 Å². The molecule has 0 aliphatic carbocycles. The Kier molecular flexibility index (Phi) is 5.58. The molecule has 3 heterocycles. The van der Waals surface area contributed by atoms with Crippen LogP contribution in [0.5, 0.6) is 0 Å². The SMILES string of the molecule is CCN(CC)C(=O)Nc1c[nH]nc1-c1nc2cc(F)c(N3CCN(C)CC3)cc2[nH]1. The van der Waals surface area contributed by atoms with E-state index < -0.39 is 0 Å². The number of rotatable bonds is 5. The molecule has 2 amide bonds. The number of amides is 2. The van der Waals surface area contributed by atoms with E-state index >= 15 is 0 Å². The van der Waals surface area contributed by atoms with Gasteiger partial charge in [0.25, 0.3) is 0 Å². The third-order valence-corrected chi connectivity index (χ3v) is 5.55. The van der Waals surface area contributed by atoms with Gasteiger partial charge in [-0.05, 0) is 27.0 Å². The van der Waals surface area contributed by atoms with Crippen LogP contribution in [0.2, 0.25) is 0 Å². The third kappa shape index (κ3) is 3.82. The minimum absolute atomic E-state index is 0.206. The van der Waals surface area contributed by atoms with Gasteiger partial charge >= 0.3 is 6.03 Å². The number of hydrogen-bond acceptors (Lipinski definition) is 5. The van der Waals surface area contributed by atoms with Gasteiger partial charge in [0.1, 0.15) is 5.82 Å². The lowest BCUT2D eigenvalue weighted by Crippen LogP contribution is -2.44. The molecule has 1 aliphatic heterocycles. The molecule has 30 heavy (non-hydrogen) atoms. The van der Waals surface area contributed by atoms with Crippen molar-refractivity contribution in [3.05, 3.63) is 24.1 Å². The molecule has 0 unspecified atom stereocenters. The van der Waals surface area contributed by atoms with E-state index in [0.717, 1.165) is 31.7 Å². The van der Waals surface area contributed by atoms with Gasteiger partial charge in [-0.25, -0.2) is 14.2 Å². The zero-order valence-electron chi connectivity index (χ0n) is 17.5. The Bertz CT molecular complexity index is 1030. The van der Waals surface area contributed by atoms with Gasteiger partial charge < -0.3 is 25.0 Å². The van der Waals surface area contributed by atoms with Crippen molar-refractivity contribution in [3.8, 4) is 11.5 Å². The van der Waals surface area contributed by atoms with E-state index in [2.05, 4.69) is 42.3 Å². The molecule has 9 nitrogen and oxygen atoms in total. The standard InChI is InChI=1S/C20H27FN8O/c1-4-28(5-2)20(30)25-16-12-22-26-18(16)19-23-14-10-13(21)17(11-15(14)24-19)29-8-6-27(3)7-9-29/h10-12H,4-9H2,1-3H3,(H,22,26)(H,23,24)(H,25,30). The Balaban J connectivity index is 1.62. The highest BCUT2D eigenvalue weighted by atomic mass is 19.1. The number of hydrogen-bond donors (Lipinski definition) is 3. The van der Waals surface area contributed by atoms with Crippen LogP contribution < -0.4 is 10.2 Å². The molecular weight excluding hydrogens is 387 g/mol. The molecule has 1 aliphatic rings. The lowest BCUT2D eigenvalue weighted by atomic mass is 10.2. The van der Waals surface area contributed by atoms with Crippen molar-refractivity contribution in [1.82, 2.24) is 30.0 Å². The molecule has 0 radical (unpaired) electrons. The largest absolute Gasteiger partial charge is 0.367 e. The average molecular weight is 414 g/mol. The number of urea groups is 1. The first-order valence-corrected chi connectivity index (χ1v) is 10.2. The number of nitrogens with zero attached hydrogens (tertiary/aromatic N) is 5. The van der Waals surface area contributed by atoms with E-state index in [-0.39, 0.29) is 11.8 Å². The van der Waals surface area contributed by atoms with Crippen LogP contribution >= 0.6 is 0 Å². The summed E-state index contributed by atoms with van der Waals surface area (Å²) in [6.45, 7) is 8.41. The zero-order chi connectivity index (χ0) is 21.3. The van der Waals surface area contributed by atoms with Gasteiger partial charge in [0.15, 0.2) is 11.5 Å². The number of halogens is 1. The molecule has 1 saturated heterocycles. The smallest absolute Gasteiger partial charge is 0.321 e. The van der Waals surface area contributed by atoms with Crippen LogP contribution in [0.4, 0.5) is 20.6 Å². The summed E-state index contributed by atoms with van der Waals surface area (Å²) in [6, 6.07) is 3.04. The van der Waals surface area contributed by atoms with Gasteiger partial charge in [-0.2, -0.15) is 5.10 Å². The molecule has 3 aromatic rings. The highest BCUT2D eigenvalue weighted by Gasteiger charge is 2.21. The number of carbonyl (C=O) groups is 1. The average Bonchev–Trinajstić information content (AvgIpc) is 3.35. The molecular formula is C20H27FN8O. The summed E-state index contributed by atoms with van der Waals surface area (Å²) in [5, 5.41) is 9.86. The predicted molar refractivity (Wildman–Crippen MR) is 115 cm³/mol. The second-order valence-electron chi connectivity index (χ2n) is 7.45. The lowest BCUT2D eigenvalue weighted by molar-refractivity contribution is 0.217.